The molecule has 0 fully saturated rings. The number of nitrogens with two attached hydrogens (primary N) is 1. The fourth-order valence-corrected chi connectivity index (χ4v) is 5.10. The fourth-order valence-electron chi connectivity index (χ4n) is 3.81. The second kappa shape index (κ2) is 10.6. The first-order valence-corrected chi connectivity index (χ1v) is 12.1. The van der Waals surface area contributed by atoms with Crippen LogP contribution in [-0.2, 0) is 11.0 Å². The van der Waals surface area contributed by atoms with Crippen LogP contribution in [0.5, 0.6) is 0 Å². The van der Waals surface area contributed by atoms with Gasteiger partial charge in [0, 0.05) is 5.39 Å². The number of pyridine rings is 1. The van der Waals surface area contributed by atoms with E-state index in [1.54, 1.807) is 0 Å². The molecule has 3 aromatic heterocycles. The SMILES string of the molecule is CC(C(=O)Nc1c(C(N)=O)sc2nc(C(F)(F)F)cc(-c3ccc(F)cc3)c12)n1nc(C(F)F)c(Cl)c1C(F)F. The molecule has 2 amide bonds. The minimum absolute atomic E-state index is 0.0390. The van der Waals surface area contributed by atoms with E-state index in [1.807, 2.05) is 0 Å². The monoisotopic (exact) mass is 611 g/mol. The van der Waals surface area contributed by atoms with Crippen molar-refractivity contribution in [2.45, 2.75) is 32.0 Å². The lowest BCUT2D eigenvalue weighted by atomic mass is 10.0. The number of primary amides is 1. The number of aromatic nitrogens is 3. The Morgan fingerprint density at radius 1 is 1.10 bits per heavy atom. The van der Waals surface area contributed by atoms with Crippen molar-refractivity contribution >= 4 is 50.7 Å². The third kappa shape index (κ3) is 5.32. The van der Waals surface area contributed by atoms with Crippen LogP contribution in [0.4, 0.5) is 40.8 Å². The number of halogens is 9. The maximum Gasteiger partial charge on any atom is 0.433 e. The summed E-state index contributed by atoms with van der Waals surface area (Å²) in [6.45, 7) is 1.01. The molecule has 3 heterocycles. The molecule has 4 rings (SSSR count). The first-order chi connectivity index (χ1) is 18.6. The van der Waals surface area contributed by atoms with Crippen molar-refractivity contribution in [1.82, 2.24) is 14.8 Å². The van der Waals surface area contributed by atoms with Crippen LogP contribution < -0.4 is 11.1 Å². The number of anilines is 1. The van der Waals surface area contributed by atoms with E-state index in [2.05, 4.69) is 15.4 Å². The van der Waals surface area contributed by atoms with Gasteiger partial charge in [-0.2, -0.15) is 18.3 Å². The number of hydrogen-bond acceptors (Lipinski definition) is 5. The molecule has 3 N–H and O–H groups in total. The molecule has 0 aliphatic rings. The van der Waals surface area contributed by atoms with E-state index in [4.69, 9.17) is 17.3 Å². The number of rotatable bonds is 7. The predicted molar refractivity (Wildman–Crippen MR) is 129 cm³/mol. The number of alkyl halides is 7. The highest BCUT2D eigenvalue weighted by molar-refractivity contribution is 7.21. The van der Waals surface area contributed by atoms with Crippen LogP contribution in [-0.4, -0.2) is 26.6 Å². The van der Waals surface area contributed by atoms with E-state index in [0.29, 0.717) is 17.4 Å². The summed E-state index contributed by atoms with van der Waals surface area (Å²) >= 11 is 6.05. The molecule has 0 saturated heterocycles. The summed E-state index contributed by atoms with van der Waals surface area (Å²) in [5.41, 5.74) is 1.06. The molecular formula is C23H14ClF8N5O2S. The molecule has 0 aliphatic carbocycles. The van der Waals surface area contributed by atoms with E-state index < -0.39 is 75.4 Å². The van der Waals surface area contributed by atoms with Crippen LogP contribution in [0, 0.1) is 5.82 Å². The number of hydrogen-bond donors (Lipinski definition) is 2. The van der Waals surface area contributed by atoms with Crippen molar-refractivity contribution in [3.05, 3.63) is 63.1 Å². The maximum absolute atomic E-state index is 13.6. The third-order valence-electron chi connectivity index (χ3n) is 5.65. The summed E-state index contributed by atoms with van der Waals surface area (Å²) < 4.78 is 108. The number of fused-ring (bicyclic) bond motifs is 1. The number of nitrogens with zero attached hydrogens (tertiary/aromatic N) is 3. The van der Waals surface area contributed by atoms with Gasteiger partial charge in [-0.25, -0.2) is 31.6 Å². The molecule has 1 unspecified atom stereocenters. The van der Waals surface area contributed by atoms with E-state index >= 15 is 0 Å². The Morgan fingerprint density at radius 3 is 2.25 bits per heavy atom. The summed E-state index contributed by atoms with van der Waals surface area (Å²) in [7, 11) is 0. The number of carbonyl (C=O) groups excluding carboxylic acids is 2. The lowest BCUT2D eigenvalue weighted by molar-refractivity contribution is -0.140. The van der Waals surface area contributed by atoms with E-state index in [9.17, 15) is 44.7 Å². The molecule has 4 aromatic rings. The molecule has 17 heteroatoms. The Morgan fingerprint density at radius 2 is 1.73 bits per heavy atom. The van der Waals surface area contributed by atoms with Gasteiger partial charge in [0.05, 0.1) is 10.7 Å². The molecule has 1 aromatic carbocycles. The summed E-state index contributed by atoms with van der Waals surface area (Å²) in [5, 5.41) is 4.36. The average molecular weight is 612 g/mol. The molecule has 0 aliphatic heterocycles. The van der Waals surface area contributed by atoms with Crippen molar-refractivity contribution in [1.29, 1.82) is 0 Å². The van der Waals surface area contributed by atoms with Crippen molar-refractivity contribution in [3.63, 3.8) is 0 Å². The van der Waals surface area contributed by atoms with Crippen LogP contribution >= 0.6 is 22.9 Å². The van der Waals surface area contributed by atoms with Gasteiger partial charge in [-0.3, -0.25) is 9.59 Å². The van der Waals surface area contributed by atoms with Crippen LogP contribution in [0.3, 0.4) is 0 Å². The van der Waals surface area contributed by atoms with Crippen LogP contribution in [0.2, 0.25) is 5.02 Å². The standard InChI is InChI=1S/C23H14ClF8N5O2S/c1-7(37-16(19(28)29)13(24)15(36-37)18(26)27)21(39)35-14-12-10(8-2-4-9(25)5-3-8)6-11(23(30,31)32)34-22(12)40-17(14)20(33)38/h2-7,18-19H,1H3,(H2,33,38)(H,35,39). The topological polar surface area (TPSA) is 103 Å². The zero-order valence-corrected chi connectivity index (χ0v) is 21.2. The highest BCUT2D eigenvalue weighted by Gasteiger charge is 2.36. The zero-order chi connectivity index (χ0) is 29.7. The third-order valence-corrected chi connectivity index (χ3v) is 7.14. The zero-order valence-electron chi connectivity index (χ0n) is 19.7. The molecular weight excluding hydrogens is 598 g/mol. The summed E-state index contributed by atoms with van der Waals surface area (Å²) in [4.78, 5) is 28.1. The molecule has 0 spiro atoms. The normalized spacial score (nSPS) is 12.9. The predicted octanol–water partition coefficient (Wildman–Crippen LogP) is 7.14. The lowest BCUT2D eigenvalue weighted by Gasteiger charge is -2.17. The van der Waals surface area contributed by atoms with Gasteiger partial charge in [-0.15, -0.1) is 11.3 Å². The molecule has 7 nitrogen and oxygen atoms in total. The number of nitrogens with one attached hydrogen (secondary N) is 1. The van der Waals surface area contributed by atoms with Crippen molar-refractivity contribution in [2.24, 2.45) is 5.73 Å². The molecule has 0 radical (unpaired) electrons. The van der Waals surface area contributed by atoms with Gasteiger partial charge in [0.25, 0.3) is 18.8 Å². The average Bonchev–Trinajstić information content (AvgIpc) is 3.41. The maximum atomic E-state index is 13.6. The van der Waals surface area contributed by atoms with Gasteiger partial charge in [-0.1, -0.05) is 23.7 Å². The van der Waals surface area contributed by atoms with Gasteiger partial charge < -0.3 is 11.1 Å². The van der Waals surface area contributed by atoms with Crippen LogP contribution in [0.1, 0.15) is 52.6 Å². The minimum Gasteiger partial charge on any atom is -0.365 e. The summed E-state index contributed by atoms with van der Waals surface area (Å²) in [6.07, 6.45) is -11.7. The number of amides is 2. The Bertz CT molecular complexity index is 1620. The van der Waals surface area contributed by atoms with Crippen molar-refractivity contribution < 1.29 is 44.7 Å². The molecule has 1 atom stereocenters. The quantitative estimate of drug-likeness (QED) is 0.217. The highest BCUT2D eigenvalue weighted by atomic mass is 35.5. The van der Waals surface area contributed by atoms with Crippen LogP contribution in [0.15, 0.2) is 30.3 Å². The first-order valence-electron chi connectivity index (χ1n) is 10.9. The molecule has 40 heavy (non-hydrogen) atoms. The number of thiophene rings is 1. The second-order valence-corrected chi connectivity index (χ2v) is 9.58. The molecule has 0 saturated carbocycles. The Balaban J connectivity index is 1.90. The highest BCUT2D eigenvalue weighted by Crippen LogP contribution is 2.44. The summed E-state index contributed by atoms with van der Waals surface area (Å²) in [5.74, 6) is -3.07. The Labute approximate surface area is 227 Å². The second-order valence-electron chi connectivity index (χ2n) is 8.21. The van der Waals surface area contributed by atoms with E-state index in [-0.39, 0.29) is 26.0 Å². The molecule has 0 bridgehead atoms. The van der Waals surface area contributed by atoms with Gasteiger partial charge in [0.2, 0.25) is 5.91 Å². The van der Waals surface area contributed by atoms with Crippen molar-refractivity contribution in [3.8, 4) is 11.1 Å². The van der Waals surface area contributed by atoms with Gasteiger partial charge >= 0.3 is 6.18 Å². The van der Waals surface area contributed by atoms with Gasteiger partial charge in [0.1, 0.15) is 38.6 Å². The Hall–Kier alpha value is -3.79. The Kier molecular flexibility index (Phi) is 7.77. The van der Waals surface area contributed by atoms with E-state index in [1.165, 1.54) is 0 Å². The van der Waals surface area contributed by atoms with Gasteiger partial charge in [0.15, 0.2) is 0 Å². The largest absolute Gasteiger partial charge is 0.433 e. The minimum atomic E-state index is -4.94. The van der Waals surface area contributed by atoms with Crippen LogP contribution in [0.25, 0.3) is 21.3 Å². The fraction of sp³-hybridized carbons (Fsp3) is 0.217. The smallest absolute Gasteiger partial charge is 0.365 e. The van der Waals surface area contributed by atoms with Crippen molar-refractivity contribution in [2.75, 3.05) is 5.32 Å². The number of carbonyl (C=O) groups is 2. The van der Waals surface area contributed by atoms with Gasteiger partial charge in [-0.05, 0) is 36.2 Å². The molecule has 212 valence electrons. The summed E-state index contributed by atoms with van der Waals surface area (Å²) in [6, 6.07) is 3.10. The first kappa shape index (κ1) is 29.2. The van der Waals surface area contributed by atoms with E-state index in [0.717, 1.165) is 31.2 Å². The lowest BCUT2D eigenvalue weighted by Crippen LogP contribution is -2.27. The number of benzene rings is 1.